The van der Waals surface area contributed by atoms with Crippen LogP contribution < -0.4 is 5.43 Å². The van der Waals surface area contributed by atoms with Crippen LogP contribution in [0, 0.1) is 13.8 Å². The van der Waals surface area contributed by atoms with Crippen LogP contribution in [0.4, 0.5) is 0 Å². The van der Waals surface area contributed by atoms with Crippen LogP contribution in [0.15, 0.2) is 29.1 Å². The van der Waals surface area contributed by atoms with Gasteiger partial charge in [0, 0.05) is 11.5 Å². The van der Waals surface area contributed by atoms with Crippen molar-refractivity contribution in [2.75, 3.05) is 0 Å². The molecule has 1 aromatic heterocycles. The van der Waals surface area contributed by atoms with Crippen LogP contribution in [0.5, 0.6) is 0 Å². The second kappa shape index (κ2) is 2.87. The molecule has 0 atom stereocenters. The molecule has 14 heavy (non-hydrogen) atoms. The average molecular weight is 189 g/mol. The van der Waals surface area contributed by atoms with Crippen molar-refractivity contribution in [2.45, 2.75) is 13.8 Å². The molecule has 0 amide bonds. The van der Waals surface area contributed by atoms with Crippen LogP contribution in [-0.2, 0) is 0 Å². The highest BCUT2D eigenvalue weighted by Gasteiger charge is 2.06. The molecule has 0 fully saturated rings. The van der Waals surface area contributed by atoms with Gasteiger partial charge in [0.15, 0.2) is 5.43 Å². The van der Waals surface area contributed by atoms with E-state index in [0.717, 1.165) is 10.3 Å². The first-order chi connectivity index (χ1) is 6.61. The van der Waals surface area contributed by atoms with Crippen molar-refractivity contribution in [3.8, 4) is 0 Å². The fourth-order valence-electron chi connectivity index (χ4n) is 1.64. The van der Waals surface area contributed by atoms with Gasteiger partial charge in [-0.1, -0.05) is 12.1 Å². The Morgan fingerprint density at radius 2 is 2.00 bits per heavy atom. The molecule has 1 heterocycles. The molecule has 0 aliphatic heterocycles. The van der Waals surface area contributed by atoms with Gasteiger partial charge in [-0.2, -0.15) is 4.73 Å². The SMILES string of the molecule is Cc1cccc2c(=O)cc(C)n(O)c12. The van der Waals surface area contributed by atoms with Crippen molar-refractivity contribution >= 4 is 10.9 Å². The Bertz CT molecular complexity index is 555. The Hall–Kier alpha value is -1.77. The molecule has 1 N–H and O–H groups in total. The molecule has 2 rings (SSSR count). The number of fused-ring (bicyclic) bond motifs is 1. The molecule has 3 nitrogen and oxygen atoms in total. The topological polar surface area (TPSA) is 42.2 Å². The Kier molecular flexibility index (Phi) is 1.81. The lowest BCUT2D eigenvalue weighted by atomic mass is 10.1. The maximum absolute atomic E-state index is 11.6. The van der Waals surface area contributed by atoms with Gasteiger partial charge in [-0.15, -0.1) is 0 Å². The molecule has 72 valence electrons. The van der Waals surface area contributed by atoms with Crippen molar-refractivity contribution in [2.24, 2.45) is 0 Å². The zero-order valence-electron chi connectivity index (χ0n) is 8.11. The molecule has 3 heteroatoms. The van der Waals surface area contributed by atoms with Crippen LogP contribution in [0.2, 0.25) is 0 Å². The van der Waals surface area contributed by atoms with Crippen LogP contribution >= 0.6 is 0 Å². The van der Waals surface area contributed by atoms with E-state index in [1.165, 1.54) is 6.07 Å². The summed E-state index contributed by atoms with van der Waals surface area (Å²) < 4.78 is 1.06. The summed E-state index contributed by atoms with van der Waals surface area (Å²) in [5, 5.41) is 10.3. The third-order valence-corrected chi connectivity index (χ3v) is 2.39. The van der Waals surface area contributed by atoms with Crippen molar-refractivity contribution < 1.29 is 5.21 Å². The number of aryl methyl sites for hydroxylation is 2. The number of hydrogen-bond donors (Lipinski definition) is 1. The van der Waals surface area contributed by atoms with Crippen LogP contribution in [0.3, 0.4) is 0 Å². The molecule has 1 aromatic carbocycles. The van der Waals surface area contributed by atoms with Gasteiger partial charge >= 0.3 is 0 Å². The molecule has 0 saturated heterocycles. The molecule has 0 saturated carbocycles. The minimum atomic E-state index is -0.0495. The summed E-state index contributed by atoms with van der Waals surface area (Å²) in [6.07, 6.45) is 0. The van der Waals surface area contributed by atoms with E-state index < -0.39 is 0 Å². The van der Waals surface area contributed by atoms with Gasteiger partial charge in [-0.05, 0) is 25.5 Å². The van der Waals surface area contributed by atoms with Crippen LogP contribution in [0.1, 0.15) is 11.3 Å². The molecule has 2 aromatic rings. The van der Waals surface area contributed by atoms with E-state index in [2.05, 4.69) is 0 Å². The predicted molar refractivity (Wildman–Crippen MR) is 54.9 cm³/mol. The summed E-state index contributed by atoms with van der Waals surface area (Å²) in [6, 6.07) is 6.83. The number of pyridine rings is 1. The maximum atomic E-state index is 11.6. The molecule has 0 unspecified atom stereocenters. The summed E-state index contributed by atoms with van der Waals surface area (Å²) in [7, 11) is 0. The van der Waals surface area contributed by atoms with Gasteiger partial charge in [-0.25, -0.2) is 0 Å². The Labute approximate surface area is 81.2 Å². The van der Waals surface area contributed by atoms with E-state index in [0.29, 0.717) is 16.6 Å². The zero-order valence-corrected chi connectivity index (χ0v) is 8.11. The van der Waals surface area contributed by atoms with Gasteiger partial charge in [0.1, 0.15) is 0 Å². The van der Waals surface area contributed by atoms with E-state index in [9.17, 15) is 10.0 Å². The van der Waals surface area contributed by atoms with E-state index in [1.807, 2.05) is 19.1 Å². The maximum Gasteiger partial charge on any atom is 0.189 e. The van der Waals surface area contributed by atoms with Gasteiger partial charge < -0.3 is 5.21 Å². The Balaban J connectivity index is 3.11. The van der Waals surface area contributed by atoms with Crippen molar-refractivity contribution in [3.05, 3.63) is 45.7 Å². The number of aromatic nitrogens is 1. The first-order valence-electron chi connectivity index (χ1n) is 4.42. The number of hydrogen-bond acceptors (Lipinski definition) is 2. The van der Waals surface area contributed by atoms with Gasteiger partial charge in [-0.3, -0.25) is 4.79 Å². The third-order valence-electron chi connectivity index (χ3n) is 2.39. The lowest BCUT2D eigenvalue weighted by Gasteiger charge is -2.08. The normalized spacial score (nSPS) is 10.7. The largest absolute Gasteiger partial charge is 0.428 e. The average Bonchev–Trinajstić information content (AvgIpc) is 2.14. The molecular formula is C11H11NO2. The first kappa shape index (κ1) is 8.81. The van der Waals surface area contributed by atoms with E-state index in [-0.39, 0.29) is 5.43 Å². The minimum absolute atomic E-state index is 0.0495. The molecule has 0 radical (unpaired) electrons. The molecule has 0 bridgehead atoms. The number of para-hydroxylation sites is 1. The fourth-order valence-corrected chi connectivity index (χ4v) is 1.64. The molecule has 0 aliphatic rings. The first-order valence-corrected chi connectivity index (χ1v) is 4.42. The number of rotatable bonds is 0. The Morgan fingerprint density at radius 3 is 2.71 bits per heavy atom. The molecule has 0 aliphatic carbocycles. The highest BCUT2D eigenvalue weighted by molar-refractivity contribution is 5.81. The standard InChI is InChI=1S/C11H11NO2/c1-7-4-3-5-9-10(13)6-8(2)12(14)11(7)9/h3-6,14H,1-2H3. The minimum Gasteiger partial charge on any atom is -0.428 e. The Morgan fingerprint density at radius 1 is 1.29 bits per heavy atom. The third kappa shape index (κ3) is 1.09. The quantitative estimate of drug-likeness (QED) is 0.643. The highest BCUT2D eigenvalue weighted by atomic mass is 16.5. The van der Waals surface area contributed by atoms with Crippen molar-refractivity contribution in [3.63, 3.8) is 0 Å². The van der Waals surface area contributed by atoms with Crippen LogP contribution in [-0.4, -0.2) is 9.94 Å². The summed E-state index contributed by atoms with van der Waals surface area (Å²) in [5.74, 6) is 0. The fraction of sp³-hybridized carbons (Fsp3) is 0.182. The number of benzene rings is 1. The van der Waals surface area contributed by atoms with Gasteiger partial charge in [0.2, 0.25) is 0 Å². The summed E-state index contributed by atoms with van der Waals surface area (Å²) >= 11 is 0. The summed E-state index contributed by atoms with van der Waals surface area (Å²) in [4.78, 5) is 11.6. The summed E-state index contributed by atoms with van der Waals surface area (Å²) in [5.41, 5.74) is 1.99. The van der Waals surface area contributed by atoms with Gasteiger partial charge in [0.25, 0.3) is 0 Å². The van der Waals surface area contributed by atoms with Crippen molar-refractivity contribution in [1.29, 1.82) is 0 Å². The lowest BCUT2D eigenvalue weighted by Crippen LogP contribution is -2.10. The van der Waals surface area contributed by atoms with Crippen molar-refractivity contribution in [1.82, 2.24) is 4.73 Å². The smallest absolute Gasteiger partial charge is 0.189 e. The molecular weight excluding hydrogens is 178 g/mol. The molecule has 0 spiro atoms. The van der Waals surface area contributed by atoms with Gasteiger partial charge in [0.05, 0.1) is 11.2 Å². The number of nitrogens with zero attached hydrogens (tertiary/aromatic N) is 1. The monoisotopic (exact) mass is 189 g/mol. The van der Waals surface area contributed by atoms with E-state index >= 15 is 0 Å². The second-order valence-electron chi connectivity index (χ2n) is 3.43. The van der Waals surface area contributed by atoms with E-state index in [4.69, 9.17) is 0 Å². The van der Waals surface area contributed by atoms with E-state index in [1.54, 1.807) is 13.0 Å². The second-order valence-corrected chi connectivity index (χ2v) is 3.43. The zero-order chi connectivity index (χ0) is 10.3. The lowest BCUT2D eigenvalue weighted by molar-refractivity contribution is 0.191. The van der Waals surface area contributed by atoms with Crippen LogP contribution in [0.25, 0.3) is 10.9 Å². The summed E-state index contributed by atoms with van der Waals surface area (Å²) in [6.45, 7) is 3.57. The highest BCUT2D eigenvalue weighted by Crippen LogP contribution is 2.15. The predicted octanol–water partition coefficient (Wildman–Crippen LogP) is 1.86.